The Morgan fingerprint density at radius 2 is 1.87 bits per heavy atom. The van der Waals surface area contributed by atoms with E-state index >= 15 is 0 Å². The Balaban J connectivity index is 1.41. The third-order valence-corrected chi connectivity index (χ3v) is 6.00. The second-order valence-corrected chi connectivity index (χ2v) is 8.26. The predicted molar refractivity (Wildman–Crippen MR) is 118 cm³/mol. The highest BCUT2D eigenvalue weighted by Crippen LogP contribution is 2.30. The number of thiazole rings is 1. The van der Waals surface area contributed by atoms with E-state index in [1.807, 2.05) is 35.5 Å². The van der Waals surface area contributed by atoms with E-state index < -0.39 is 0 Å². The summed E-state index contributed by atoms with van der Waals surface area (Å²) in [5.74, 6) is -0.444. The summed E-state index contributed by atoms with van der Waals surface area (Å²) < 4.78 is 0. The van der Waals surface area contributed by atoms with Gasteiger partial charge in [-0.2, -0.15) is 0 Å². The Bertz CT molecular complexity index is 1060. The lowest BCUT2D eigenvalue weighted by atomic mass is 10.2. The van der Waals surface area contributed by atoms with Crippen molar-refractivity contribution in [3.05, 3.63) is 64.3 Å². The fourth-order valence-electron chi connectivity index (χ4n) is 3.13. The van der Waals surface area contributed by atoms with Crippen LogP contribution in [0.2, 0.25) is 5.02 Å². The molecule has 0 radical (unpaired) electrons. The van der Waals surface area contributed by atoms with Gasteiger partial charge in [-0.05, 0) is 25.2 Å². The maximum atomic E-state index is 12.6. The van der Waals surface area contributed by atoms with Crippen LogP contribution in [0.1, 0.15) is 20.8 Å². The minimum atomic E-state index is -0.381. The van der Waals surface area contributed by atoms with Gasteiger partial charge >= 0.3 is 0 Å². The number of anilines is 1. The highest BCUT2D eigenvalue weighted by molar-refractivity contribution is 7.14. The molecule has 1 aromatic carbocycles. The van der Waals surface area contributed by atoms with Gasteiger partial charge in [-0.25, -0.2) is 4.98 Å². The largest absolute Gasteiger partial charge is 0.336 e. The Morgan fingerprint density at radius 1 is 1.10 bits per heavy atom. The smallest absolute Gasteiger partial charge is 0.276 e. The van der Waals surface area contributed by atoms with Crippen LogP contribution >= 0.6 is 22.9 Å². The highest BCUT2D eigenvalue weighted by atomic mass is 35.5. The molecule has 0 spiro atoms. The van der Waals surface area contributed by atoms with Crippen molar-refractivity contribution in [3.63, 3.8) is 0 Å². The zero-order valence-corrected chi connectivity index (χ0v) is 17.9. The number of pyridine rings is 1. The zero-order valence-electron chi connectivity index (χ0n) is 16.3. The summed E-state index contributed by atoms with van der Waals surface area (Å²) in [5, 5.41) is 5.64. The first-order valence-corrected chi connectivity index (χ1v) is 10.7. The monoisotopic (exact) mass is 441 g/mol. The number of rotatable bonds is 4. The SMILES string of the molecule is CN1CCN(C(=O)c2ccc(C(=O)Nc3nc(-c4ccccc4Cl)cs3)nc2)CC1. The predicted octanol–water partition coefficient (Wildman–Crippen LogP) is 3.50. The fraction of sp³-hybridized carbons (Fsp3) is 0.238. The number of likely N-dealkylation sites (N-methyl/N-ethyl adjacent to an activating group) is 1. The summed E-state index contributed by atoms with van der Waals surface area (Å²) in [6.45, 7) is 3.08. The maximum absolute atomic E-state index is 12.6. The van der Waals surface area contributed by atoms with E-state index in [4.69, 9.17) is 11.6 Å². The minimum absolute atomic E-state index is 0.0631. The lowest BCUT2D eigenvalue weighted by Gasteiger charge is -2.32. The van der Waals surface area contributed by atoms with E-state index in [1.165, 1.54) is 17.5 Å². The maximum Gasteiger partial charge on any atom is 0.276 e. The number of amides is 2. The Morgan fingerprint density at radius 3 is 2.57 bits per heavy atom. The van der Waals surface area contributed by atoms with Gasteiger partial charge in [0.2, 0.25) is 0 Å². The molecule has 2 amide bonds. The quantitative estimate of drug-likeness (QED) is 0.670. The summed E-state index contributed by atoms with van der Waals surface area (Å²) in [6.07, 6.45) is 1.45. The van der Waals surface area contributed by atoms with Crippen molar-refractivity contribution in [2.45, 2.75) is 0 Å². The van der Waals surface area contributed by atoms with Crippen LogP contribution in [-0.4, -0.2) is 64.8 Å². The molecule has 3 heterocycles. The normalized spacial score (nSPS) is 14.5. The minimum Gasteiger partial charge on any atom is -0.336 e. The molecule has 30 heavy (non-hydrogen) atoms. The summed E-state index contributed by atoms with van der Waals surface area (Å²) in [6, 6.07) is 10.6. The van der Waals surface area contributed by atoms with Crippen molar-refractivity contribution < 1.29 is 9.59 Å². The highest BCUT2D eigenvalue weighted by Gasteiger charge is 2.21. The van der Waals surface area contributed by atoms with Crippen LogP contribution in [0.15, 0.2) is 48.0 Å². The number of carbonyl (C=O) groups excluding carboxylic acids is 2. The molecule has 9 heteroatoms. The van der Waals surface area contributed by atoms with Crippen molar-refractivity contribution in [1.82, 2.24) is 19.8 Å². The topological polar surface area (TPSA) is 78.4 Å². The van der Waals surface area contributed by atoms with Gasteiger partial charge in [0.25, 0.3) is 11.8 Å². The summed E-state index contributed by atoms with van der Waals surface area (Å²) in [7, 11) is 2.04. The number of nitrogens with zero attached hydrogens (tertiary/aromatic N) is 4. The van der Waals surface area contributed by atoms with Crippen LogP contribution in [0, 0.1) is 0 Å². The lowest BCUT2D eigenvalue weighted by Crippen LogP contribution is -2.47. The molecule has 1 aliphatic heterocycles. The van der Waals surface area contributed by atoms with Gasteiger partial charge in [-0.1, -0.05) is 29.8 Å². The van der Waals surface area contributed by atoms with E-state index in [9.17, 15) is 9.59 Å². The first kappa shape index (κ1) is 20.5. The number of nitrogens with one attached hydrogen (secondary N) is 1. The van der Waals surface area contributed by atoms with Crippen LogP contribution in [-0.2, 0) is 0 Å². The van der Waals surface area contributed by atoms with Gasteiger partial charge in [-0.3, -0.25) is 19.9 Å². The van der Waals surface area contributed by atoms with Crippen LogP contribution < -0.4 is 5.32 Å². The fourth-order valence-corrected chi connectivity index (χ4v) is 4.07. The molecule has 7 nitrogen and oxygen atoms in total. The van der Waals surface area contributed by atoms with Gasteiger partial charge in [0.1, 0.15) is 5.69 Å². The lowest BCUT2D eigenvalue weighted by molar-refractivity contribution is 0.0663. The van der Waals surface area contributed by atoms with Gasteiger partial charge in [0.05, 0.1) is 11.3 Å². The zero-order chi connectivity index (χ0) is 21.1. The van der Waals surface area contributed by atoms with Crippen LogP contribution in [0.4, 0.5) is 5.13 Å². The van der Waals surface area contributed by atoms with E-state index in [-0.39, 0.29) is 17.5 Å². The van der Waals surface area contributed by atoms with Crippen LogP contribution in [0.3, 0.4) is 0 Å². The van der Waals surface area contributed by atoms with Crippen LogP contribution in [0.5, 0.6) is 0 Å². The average Bonchev–Trinajstić information content (AvgIpc) is 3.22. The van der Waals surface area contributed by atoms with E-state index in [1.54, 1.807) is 18.2 Å². The standard InChI is InChI=1S/C21H20ClN5O2S/c1-26-8-10-27(11-9-26)20(29)14-6-7-17(23-12-14)19(28)25-21-24-18(13-30-21)15-4-2-3-5-16(15)22/h2-7,12-13H,8-11H2,1H3,(H,24,25,28). The molecule has 3 aromatic rings. The molecule has 0 saturated carbocycles. The second-order valence-electron chi connectivity index (χ2n) is 7.00. The third-order valence-electron chi connectivity index (χ3n) is 4.91. The molecule has 0 unspecified atom stereocenters. The Hall–Kier alpha value is -2.81. The van der Waals surface area contributed by atoms with Gasteiger partial charge in [0.15, 0.2) is 5.13 Å². The van der Waals surface area contributed by atoms with Crippen molar-refractivity contribution in [1.29, 1.82) is 0 Å². The van der Waals surface area contributed by atoms with E-state index in [0.29, 0.717) is 34.5 Å². The first-order chi connectivity index (χ1) is 14.5. The molecule has 0 atom stereocenters. The van der Waals surface area contributed by atoms with E-state index in [0.717, 1.165) is 18.7 Å². The van der Waals surface area contributed by atoms with Crippen LogP contribution in [0.25, 0.3) is 11.3 Å². The molecular formula is C21H20ClN5O2S. The van der Waals surface area contributed by atoms with Crippen molar-refractivity contribution in [3.8, 4) is 11.3 Å². The Kier molecular flexibility index (Phi) is 6.08. The summed E-state index contributed by atoms with van der Waals surface area (Å²) in [4.78, 5) is 37.7. The molecule has 1 fully saturated rings. The van der Waals surface area contributed by atoms with Crippen molar-refractivity contribution in [2.24, 2.45) is 0 Å². The van der Waals surface area contributed by atoms with E-state index in [2.05, 4.69) is 20.2 Å². The molecule has 154 valence electrons. The second kappa shape index (κ2) is 8.91. The number of carbonyl (C=O) groups is 2. The summed E-state index contributed by atoms with van der Waals surface area (Å²) in [5.41, 5.74) is 2.20. The molecule has 1 aliphatic rings. The number of hydrogen-bond donors (Lipinski definition) is 1. The third kappa shape index (κ3) is 4.51. The van der Waals surface area contributed by atoms with Crippen molar-refractivity contribution >= 4 is 39.9 Å². The first-order valence-electron chi connectivity index (χ1n) is 9.47. The summed E-state index contributed by atoms with van der Waals surface area (Å²) >= 11 is 7.52. The van der Waals surface area contributed by atoms with Gasteiger partial charge in [-0.15, -0.1) is 11.3 Å². The number of hydrogen-bond acceptors (Lipinski definition) is 6. The number of benzene rings is 1. The molecule has 1 saturated heterocycles. The average molecular weight is 442 g/mol. The molecule has 2 aromatic heterocycles. The Labute approximate surface area is 183 Å². The van der Waals surface area contributed by atoms with Crippen molar-refractivity contribution in [2.75, 3.05) is 38.5 Å². The molecule has 4 rings (SSSR count). The number of halogens is 1. The molecular weight excluding hydrogens is 422 g/mol. The number of piperazine rings is 1. The van der Waals surface area contributed by atoms with Gasteiger partial charge in [0, 0.05) is 48.3 Å². The van der Waals surface area contributed by atoms with Gasteiger partial charge < -0.3 is 9.80 Å². The molecule has 1 N–H and O–H groups in total. The molecule has 0 bridgehead atoms. The molecule has 0 aliphatic carbocycles. The number of aromatic nitrogens is 2.